The van der Waals surface area contributed by atoms with E-state index in [-0.39, 0.29) is 18.8 Å². The Balaban J connectivity index is 2.93. The second-order valence-corrected chi connectivity index (χ2v) is 5.95. The lowest BCUT2D eigenvalue weighted by molar-refractivity contribution is 0.0516. The van der Waals surface area contributed by atoms with Gasteiger partial charge in [-0.25, -0.2) is 19.5 Å². The van der Waals surface area contributed by atoms with Gasteiger partial charge in [0.1, 0.15) is 5.60 Å². The Labute approximate surface area is 128 Å². The number of hydrogen-bond donors (Lipinski definition) is 0. The third kappa shape index (κ3) is 5.18. The van der Waals surface area contributed by atoms with Crippen LogP contribution in [0.4, 0.5) is 9.93 Å². The maximum atomic E-state index is 12.2. The SMILES string of the molecule is C=CCN(C(=O)OC(C)(C)C)c1nc(C(=O)OCC)cs1. The normalized spacial score (nSPS) is 10.9. The van der Waals surface area contributed by atoms with Gasteiger partial charge in [0, 0.05) is 11.9 Å². The van der Waals surface area contributed by atoms with Crippen molar-refractivity contribution in [1.82, 2.24) is 4.98 Å². The summed E-state index contributed by atoms with van der Waals surface area (Å²) < 4.78 is 10.2. The summed E-state index contributed by atoms with van der Waals surface area (Å²) in [4.78, 5) is 29.2. The summed E-state index contributed by atoms with van der Waals surface area (Å²) in [6.45, 7) is 11.2. The molecule has 1 heterocycles. The van der Waals surface area contributed by atoms with Crippen LogP contribution < -0.4 is 4.90 Å². The molecule has 0 unspecified atom stereocenters. The third-order valence-corrected chi connectivity index (χ3v) is 3.00. The quantitative estimate of drug-likeness (QED) is 0.616. The summed E-state index contributed by atoms with van der Waals surface area (Å²) in [6.07, 6.45) is 1.03. The molecule has 116 valence electrons. The van der Waals surface area contributed by atoms with E-state index in [1.54, 1.807) is 39.2 Å². The van der Waals surface area contributed by atoms with Crippen molar-refractivity contribution in [2.24, 2.45) is 0 Å². The smallest absolute Gasteiger partial charge is 0.416 e. The number of aromatic nitrogens is 1. The van der Waals surface area contributed by atoms with E-state index in [1.807, 2.05) is 0 Å². The molecule has 21 heavy (non-hydrogen) atoms. The molecule has 0 aliphatic heterocycles. The molecule has 0 spiro atoms. The Morgan fingerprint density at radius 3 is 2.67 bits per heavy atom. The van der Waals surface area contributed by atoms with Crippen LogP contribution in [0.25, 0.3) is 0 Å². The standard InChI is InChI=1S/C14H20N2O4S/c1-6-8-16(13(18)20-14(3,4)5)12-15-10(9-21-12)11(17)19-7-2/h6,9H,1,7-8H2,2-5H3. The van der Waals surface area contributed by atoms with Gasteiger partial charge in [-0.2, -0.15) is 0 Å². The van der Waals surface area contributed by atoms with Gasteiger partial charge in [-0.05, 0) is 27.7 Å². The summed E-state index contributed by atoms with van der Waals surface area (Å²) in [5.41, 5.74) is -0.438. The number of carbonyl (C=O) groups is 2. The first-order valence-electron chi connectivity index (χ1n) is 6.52. The molecule has 1 amide bonds. The predicted molar refractivity (Wildman–Crippen MR) is 81.8 cm³/mol. The Morgan fingerprint density at radius 1 is 1.48 bits per heavy atom. The largest absolute Gasteiger partial charge is 0.461 e. The number of thiazole rings is 1. The molecule has 0 aromatic carbocycles. The lowest BCUT2D eigenvalue weighted by atomic mass is 10.2. The number of anilines is 1. The molecule has 0 saturated carbocycles. The topological polar surface area (TPSA) is 68.7 Å². The minimum atomic E-state index is -0.613. The second-order valence-electron chi connectivity index (χ2n) is 5.12. The van der Waals surface area contributed by atoms with Gasteiger partial charge in [-0.15, -0.1) is 17.9 Å². The number of nitrogens with zero attached hydrogens (tertiary/aromatic N) is 2. The number of esters is 1. The van der Waals surface area contributed by atoms with Gasteiger partial charge in [-0.1, -0.05) is 6.08 Å². The fraction of sp³-hybridized carbons (Fsp3) is 0.500. The summed E-state index contributed by atoms with van der Waals surface area (Å²) in [5, 5.41) is 1.92. The monoisotopic (exact) mass is 312 g/mol. The third-order valence-electron chi connectivity index (χ3n) is 2.13. The van der Waals surface area contributed by atoms with Crippen molar-refractivity contribution in [2.75, 3.05) is 18.1 Å². The molecule has 1 rings (SSSR count). The number of amides is 1. The van der Waals surface area contributed by atoms with Crippen molar-refractivity contribution < 1.29 is 19.1 Å². The average molecular weight is 312 g/mol. The van der Waals surface area contributed by atoms with E-state index >= 15 is 0 Å². The van der Waals surface area contributed by atoms with E-state index in [0.29, 0.717) is 5.13 Å². The van der Waals surface area contributed by atoms with E-state index in [1.165, 1.54) is 16.2 Å². The van der Waals surface area contributed by atoms with Crippen molar-refractivity contribution >= 4 is 28.5 Å². The highest BCUT2D eigenvalue weighted by atomic mass is 32.1. The van der Waals surface area contributed by atoms with E-state index in [2.05, 4.69) is 11.6 Å². The van der Waals surface area contributed by atoms with Crippen molar-refractivity contribution in [3.05, 3.63) is 23.7 Å². The summed E-state index contributed by atoms with van der Waals surface area (Å²) >= 11 is 1.17. The molecular weight excluding hydrogens is 292 g/mol. The number of hydrogen-bond acceptors (Lipinski definition) is 6. The Morgan fingerprint density at radius 2 is 2.14 bits per heavy atom. The highest BCUT2D eigenvalue weighted by Gasteiger charge is 2.25. The van der Waals surface area contributed by atoms with Crippen molar-refractivity contribution in [3.63, 3.8) is 0 Å². The minimum Gasteiger partial charge on any atom is -0.461 e. The van der Waals surface area contributed by atoms with Crippen LogP contribution in [0.1, 0.15) is 38.2 Å². The van der Waals surface area contributed by atoms with Gasteiger partial charge < -0.3 is 9.47 Å². The number of ether oxygens (including phenoxy) is 2. The van der Waals surface area contributed by atoms with E-state index in [4.69, 9.17) is 9.47 Å². The zero-order chi connectivity index (χ0) is 16.0. The van der Waals surface area contributed by atoms with Crippen LogP contribution in [0.15, 0.2) is 18.0 Å². The Hall–Kier alpha value is -1.89. The number of rotatable bonds is 5. The molecule has 0 bridgehead atoms. The predicted octanol–water partition coefficient (Wildman–Crippen LogP) is 3.25. The average Bonchev–Trinajstić information content (AvgIpc) is 2.83. The summed E-state index contributed by atoms with van der Waals surface area (Å²) in [6, 6.07) is 0. The maximum absolute atomic E-state index is 12.2. The first-order valence-corrected chi connectivity index (χ1v) is 7.40. The minimum absolute atomic E-state index is 0.175. The van der Waals surface area contributed by atoms with E-state index in [9.17, 15) is 9.59 Å². The van der Waals surface area contributed by atoms with Crippen LogP contribution in [0, 0.1) is 0 Å². The van der Waals surface area contributed by atoms with Crippen molar-refractivity contribution in [2.45, 2.75) is 33.3 Å². The van der Waals surface area contributed by atoms with Gasteiger partial charge in [0.05, 0.1) is 6.61 Å². The molecule has 0 radical (unpaired) electrons. The zero-order valence-electron chi connectivity index (χ0n) is 12.7. The van der Waals surface area contributed by atoms with Crippen LogP contribution >= 0.6 is 11.3 Å². The van der Waals surface area contributed by atoms with Crippen LogP contribution in [-0.4, -0.2) is 35.8 Å². The van der Waals surface area contributed by atoms with Crippen molar-refractivity contribution in [1.29, 1.82) is 0 Å². The molecule has 0 fully saturated rings. The van der Waals surface area contributed by atoms with Gasteiger partial charge >= 0.3 is 12.1 Å². The lowest BCUT2D eigenvalue weighted by Gasteiger charge is -2.24. The van der Waals surface area contributed by atoms with E-state index in [0.717, 1.165) is 0 Å². The first kappa shape index (κ1) is 17.2. The summed E-state index contributed by atoms with van der Waals surface area (Å²) in [5.74, 6) is -0.511. The molecular formula is C14H20N2O4S. The molecule has 7 heteroatoms. The molecule has 0 N–H and O–H groups in total. The molecule has 0 aliphatic carbocycles. The summed E-state index contributed by atoms with van der Waals surface area (Å²) in [7, 11) is 0. The number of carbonyl (C=O) groups excluding carboxylic acids is 2. The fourth-order valence-corrected chi connectivity index (χ4v) is 2.16. The molecule has 0 aliphatic rings. The van der Waals surface area contributed by atoms with E-state index < -0.39 is 17.7 Å². The molecule has 1 aromatic rings. The molecule has 6 nitrogen and oxygen atoms in total. The van der Waals surface area contributed by atoms with Crippen LogP contribution in [0.2, 0.25) is 0 Å². The van der Waals surface area contributed by atoms with Crippen LogP contribution in [0.5, 0.6) is 0 Å². The molecule has 0 saturated heterocycles. The second kappa shape index (κ2) is 7.21. The van der Waals surface area contributed by atoms with Gasteiger partial charge in [0.25, 0.3) is 0 Å². The van der Waals surface area contributed by atoms with Crippen LogP contribution in [0.3, 0.4) is 0 Å². The molecule has 0 atom stereocenters. The Bertz CT molecular complexity index is 519. The highest BCUT2D eigenvalue weighted by molar-refractivity contribution is 7.14. The Kier molecular flexibility index (Phi) is 5.90. The molecule has 1 aromatic heterocycles. The van der Waals surface area contributed by atoms with Gasteiger partial charge in [0.15, 0.2) is 10.8 Å². The first-order chi connectivity index (χ1) is 9.78. The van der Waals surface area contributed by atoms with Gasteiger partial charge in [0.2, 0.25) is 0 Å². The highest BCUT2D eigenvalue weighted by Crippen LogP contribution is 2.23. The van der Waals surface area contributed by atoms with Crippen molar-refractivity contribution in [3.8, 4) is 0 Å². The fourth-order valence-electron chi connectivity index (χ4n) is 1.36. The maximum Gasteiger partial charge on any atom is 0.416 e. The van der Waals surface area contributed by atoms with Gasteiger partial charge in [-0.3, -0.25) is 0 Å². The lowest BCUT2D eigenvalue weighted by Crippen LogP contribution is -2.37. The van der Waals surface area contributed by atoms with Crippen LogP contribution in [-0.2, 0) is 9.47 Å². The zero-order valence-corrected chi connectivity index (χ0v) is 13.5.